The molecule has 5 heteroatoms. The summed E-state index contributed by atoms with van der Waals surface area (Å²) in [7, 11) is 0. The van der Waals surface area contributed by atoms with E-state index in [1.807, 2.05) is 0 Å². The lowest BCUT2D eigenvalue weighted by Crippen LogP contribution is -2.24. The van der Waals surface area contributed by atoms with Crippen LogP contribution in [0.2, 0.25) is 0 Å². The third kappa shape index (κ3) is 1.77. The van der Waals surface area contributed by atoms with Crippen LogP contribution in [0.25, 0.3) is 0 Å². The molecule has 1 saturated heterocycles. The van der Waals surface area contributed by atoms with Gasteiger partial charge in [-0.15, -0.1) is 0 Å². The van der Waals surface area contributed by atoms with E-state index >= 15 is 0 Å². The van der Waals surface area contributed by atoms with E-state index in [1.165, 1.54) is 6.33 Å². The molecule has 0 bridgehead atoms. The van der Waals surface area contributed by atoms with Crippen LogP contribution in [0.3, 0.4) is 0 Å². The van der Waals surface area contributed by atoms with Crippen LogP contribution in [0.15, 0.2) is 18.7 Å². The summed E-state index contributed by atoms with van der Waals surface area (Å²) in [6, 6.07) is 0. The van der Waals surface area contributed by atoms with Gasteiger partial charge in [0.15, 0.2) is 0 Å². The number of hydrogen-bond acceptors (Lipinski definition) is 3. The van der Waals surface area contributed by atoms with Crippen LogP contribution in [0, 0.1) is 5.92 Å². The highest BCUT2D eigenvalue weighted by atomic mass is 79.9. The van der Waals surface area contributed by atoms with Gasteiger partial charge in [-0.2, -0.15) is 0 Å². The predicted octanol–water partition coefficient (Wildman–Crippen LogP) is 1.22. The summed E-state index contributed by atoms with van der Waals surface area (Å²) >= 11 is 3.39. The summed E-state index contributed by atoms with van der Waals surface area (Å²) in [5.41, 5.74) is 0.793. The van der Waals surface area contributed by atoms with Gasteiger partial charge < -0.3 is 4.90 Å². The molecule has 0 saturated carbocycles. The molecule has 1 unspecified atom stereocenters. The van der Waals surface area contributed by atoms with E-state index in [0.29, 0.717) is 12.3 Å². The van der Waals surface area contributed by atoms with E-state index in [0.717, 1.165) is 17.6 Å². The Morgan fingerprint density at radius 3 is 2.79 bits per heavy atom. The lowest BCUT2D eigenvalue weighted by molar-refractivity contribution is -0.117. The van der Waals surface area contributed by atoms with Crippen molar-refractivity contribution in [2.45, 2.75) is 6.42 Å². The molecule has 4 nitrogen and oxygen atoms in total. The number of anilines is 1. The van der Waals surface area contributed by atoms with Crippen LogP contribution < -0.4 is 4.90 Å². The quantitative estimate of drug-likeness (QED) is 0.747. The Kier molecular flexibility index (Phi) is 2.77. The molecule has 1 aromatic heterocycles. The molecule has 1 amide bonds. The van der Waals surface area contributed by atoms with Crippen molar-refractivity contribution in [1.29, 1.82) is 0 Å². The summed E-state index contributed by atoms with van der Waals surface area (Å²) in [6.07, 6.45) is 5.41. The summed E-state index contributed by atoms with van der Waals surface area (Å²) in [5, 5.41) is 0.864. The maximum absolute atomic E-state index is 11.6. The van der Waals surface area contributed by atoms with E-state index in [2.05, 4.69) is 25.9 Å². The molecule has 0 N–H and O–H groups in total. The van der Waals surface area contributed by atoms with Crippen molar-refractivity contribution in [3.63, 3.8) is 0 Å². The van der Waals surface area contributed by atoms with Crippen molar-refractivity contribution in [2.75, 3.05) is 16.8 Å². The Hall–Kier alpha value is -0.970. The molecule has 1 atom stereocenters. The molecule has 1 aliphatic rings. The van der Waals surface area contributed by atoms with Crippen LogP contribution in [0.4, 0.5) is 5.69 Å². The molecule has 2 heterocycles. The molecule has 1 aromatic rings. The smallest absolute Gasteiger partial charge is 0.227 e. The first-order chi connectivity index (χ1) is 6.81. The molecule has 1 fully saturated rings. The Bertz CT molecular complexity index is 330. The standard InChI is InChI=1S/C9H10BrN3O/c10-2-7-1-9(14)13(5-7)8-3-11-6-12-4-8/h3-4,6-7H,1-2,5H2. The molecular weight excluding hydrogens is 246 g/mol. The van der Waals surface area contributed by atoms with Crippen LogP contribution in [0.1, 0.15) is 6.42 Å². The number of nitrogens with zero attached hydrogens (tertiary/aromatic N) is 3. The van der Waals surface area contributed by atoms with Crippen molar-refractivity contribution in [2.24, 2.45) is 5.92 Å². The monoisotopic (exact) mass is 255 g/mol. The lowest BCUT2D eigenvalue weighted by Gasteiger charge is -2.14. The van der Waals surface area contributed by atoms with Crippen LogP contribution in [0.5, 0.6) is 0 Å². The van der Waals surface area contributed by atoms with Gasteiger partial charge in [-0.25, -0.2) is 9.97 Å². The van der Waals surface area contributed by atoms with E-state index in [9.17, 15) is 4.79 Å². The summed E-state index contributed by atoms with van der Waals surface area (Å²) in [4.78, 5) is 21.1. The highest BCUT2D eigenvalue weighted by molar-refractivity contribution is 9.09. The number of aromatic nitrogens is 2. The fourth-order valence-corrected chi connectivity index (χ4v) is 2.00. The van der Waals surface area contributed by atoms with Crippen molar-refractivity contribution in [3.8, 4) is 0 Å². The van der Waals surface area contributed by atoms with E-state index in [4.69, 9.17) is 0 Å². The van der Waals surface area contributed by atoms with Crippen molar-refractivity contribution >= 4 is 27.5 Å². The maximum Gasteiger partial charge on any atom is 0.227 e. The molecular formula is C9H10BrN3O. The van der Waals surface area contributed by atoms with Gasteiger partial charge in [0, 0.05) is 18.3 Å². The number of amides is 1. The molecule has 0 aliphatic carbocycles. The zero-order chi connectivity index (χ0) is 9.97. The Labute approximate surface area is 90.5 Å². The largest absolute Gasteiger partial charge is 0.309 e. The first-order valence-electron chi connectivity index (χ1n) is 4.42. The molecule has 0 spiro atoms. The average Bonchev–Trinajstić information content (AvgIpc) is 2.61. The predicted molar refractivity (Wildman–Crippen MR) is 56.3 cm³/mol. The second-order valence-corrected chi connectivity index (χ2v) is 3.97. The van der Waals surface area contributed by atoms with Crippen molar-refractivity contribution in [3.05, 3.63) is 18.7 Å². The number of carbonyl (C=O) groups is 1. The minimum Gasteiger partial charge on any atom is -0.309 e. The highest BCUT2D eigenvalue weighted by Gasteiger charge is 2.29. The minimum atomic E-state index is 0.157. The fourth-order valence-electron chi connectivity index (χ4n) is 1.57. The van der Waals surface area contributed by atoms with Crippen molar-refractivity contribution < 1.29 is 4.79 Å². The Balaban J connectivity index is 2.17. The van der Waals surface area contributed by atoms with Gasteiger partial charge in [-0.3, -0.25) is 4.79 Å². The number of rotatable bonds is 2. The van der Waals surface area contributed by atoms with Crippen LogP contribution in [-0.4, -0.2) is 27.7 Å². The lowest BCUT2D eigenvalue weighted by atomic mass is 10.2. The molecule has 74 valence electrons. The third-order valence-corrected chi connectivity index (χ3v) is 3.20. The molecule has 14 heavy (non-hydrogen) atoms. The maximum atomic E-state index is 11.6. The number of carbonyl (C=O) groups excluding carboxylic acids is 1. The Morgan fingerprint density at radius 2 is 2.21 bits per heavy atom. The van der Waals surface area contributed by atoms with Gasteiger partial charge in [-0.1, -0.05) is 15.9 Å². The number of halogens is 1. The number of alkyl halides is 1. The third-order valence-electron chi connectivity index (χ3n) is 2.28. The SMILES string of the molecule is O=C1CC(CBr)CN1c1cncnc1. The van der Waals surface area contributed by atoms with Gasteiger partial charge in [0.05, 0.1) is 18.1 Å². The first-order valence-corrected chi connectivity index (χ1v) is 5.54. The van der Waals surface area contributed by atoms with Gasteiger partial charge >= 0.3 is 0 Å². The molecule has 1 aliphatic heterocycles. The molecule has 0 radical (unpaired) electrons. The highest BCUT2D eigenvalue weighted by Crippen LogP contribution is 2.24. The summed E-state index contributed by atoms with van der Waals surface area (Å²) in [6.45, 7) is 0.761. The normalized spacial score (nSPS) is 21.6. The second-order valence-electron chi connectivity index (χ2n) is 3.33. The zero-order valence-electron chi connectivity index (χ0n) is 7.56. The average molecular weight is 256 g/mol. The van der Waals surface area contributed by atoms with Crippen LogP contribution in [-0.2, 0) is 4.79 Å². The van der Waals surface area contributed by atoms with E-state index < -0.39 is 0 Å². The Morgan fingerprint density at radius 1 is 1.50 bits per heavy atom. The summed E-state index contributed by atoms with van der Waals surface area (Å²) < 4.78 is 0. The fraction of sp³-hybridized carbons (Fsp3) is 0.444. The minimum absolute atomic E-state index is 0.157. The van der Waals surface area contributed by atoms with Gasteiger partial charge in [0.2, 0.25) is 5.91 Å². The molecule has 2 rings (SSSR count). The van der Waals surface area contributed by atoms with E-state index in [1.54, 1.807) is 17.3 Å². The summed E-state index contributed by atoms with van der Waals surface area (Å²) in [5.74, 6) is 0.562. The molecule has 0 aromatic carbocycles. The first kappa shape index (κ1) is 9.58. The van der Waals surface area contributed by atoms with Crippen LogP contribution >= 0.6 is 15.9 Å². The second kappa shape index (κ2) is 4.04. The number of hydrogen-bond donors (Lipinski definition) is 0. The topological polar surface area (TPSA) is 46.1 Å². The van der Waals surface area contributed by atoms with Gasteiger partial charge in [0.1, 0.15) is 6.33 Å². The van der Waals surface area contributed by atoms with Crippen molar-refractivity contribution in [1.82, 2.24) is 9.97 Å². The zero-order valence-corrected chi connectivity index (χ0v) is 9.14. The van der Waals surface area contributed by atoms with Gasteiger partial charge in [-0.05, 0) is 5.92 Å². The van der Waals surface area contributed by atoms with Gasteiger partial charge in [0.25, 0.3) is 0 Å². The van der Waals surface area contributed by atoms with E-state index in [-0.39, 0.29) is 5.91 Å².